The topological polar surface area (TPSA) is 75.7 Å². The van der Waals surface area contributed by atoms with Gasteiger partial charge in [-0.15, -0.1) is 0 Å². The van der Waals surface area contributed by atoms with E-state index in [2.05, 4.69) is 5.32 Å². The van der Waals surface area contributed by atoms with Crippen LogP contribution < -0.4 is 10.1 Å². The molecule has 0 unspecified atom stereocenters. The van der Waals surface area contributed by atoms with Crippen molar-refractivity contribution in [2.45, 2.75) is 45.6 Å². The van der Waals surface area contributed by atoms with Gasteiger partial charge in [0, 0.05) is 44.0 Å². The number of amides is 2. The van der Waals surface area contributed by atoms with Crippen LogP contribution in [0.2, 0.25) is 0 Å². The number of carbonyl (C=O) groups is 3. The van der Waals surface area contributed by atoms with E-state index in [1.807, 2.05) is 0 Å². The van der Waals surface area contributed by atoms with E-state index in [1.54, 1.807) is 55.3 Å². The third-order valence-electron chi connectivity index (χ3n) is 6.13. The quantitative estimate of drug-likeness (QED) is 0.580. The molecule has 6 nitrogen and oxygen atoms in total. The van der Waals surface area contributed by atoms with Gasteiger partial charge in [-0.1, -0.05) is 12.1 Å². The SMILES string of the molecule is COc1ccc(C(=O)CCCC(=O)N2CCC(C(=O)NCc3ccc(C)c(F)c3)CC2)cc1. The van der Waals surface area contributed by atoms with Crippen LogP contribution in [0.4, 0.5) is 4.39 Å². The molecule has 0 aromatic heterocycles. The summed E-state index contributed by atoms with van der Waals surface area (Å²) in [6, 6.07) is 11.9. The van der Waals surface area contributed by atoms with Crippen LogP contribution in [0.3, 0.4) is 0 Å². The molecule has 2 amide bonds. The number of piperidine rings is 1. The summed E-state index contributed by atoms with van der Waals surface area (Å²) in [4.78, 5) is 39.0. The van der Waals surface area contributed by atoms with E-state index in [9.17, 15) is 18.8 Å². The van der Waals surface area contributed by atoms with Crippen molar-refractivity contribution >= 4 is 17.6 Å². The molecule has 0 spiro atoms. The average Bonchev–Trinajstić information content (AvgIpc) is 2.84. The lowest BCUT2D eigenvalue weighted by Crippen LogP contribution is -2.42. The van der Waals surface area contributed by atoms with Gasteiger partial charge in [0.1, 0.15) is 11.6 Å². The Morgan fingerprint density at radius 3 is 2.39 bits per heavy atom. The first kappa shape index (κ1) is 24.4. The second kappa shape index (κ2) is 11.6. The summed E-state index contributed by atoms with van der Waals surface area (Å²) < 4.78 is 18.7. The molecular weight excluding hydrogens is 423 g/mol. The highest BCUT2D eigenvalue weighted by Crippen LogP contribution is 2.20. The molecule has 7 heteroatoms. The summed E-state index contributed by atoms with van der Waals surface area (Å²) in [5, 5.41) is 2.87. The minimum atomic E-state index is -0.278. The molecule has 1 fully saturated rings. The van der Waals surface area contributed by atoms with Gasteiger partial charge >= 0.3 is 0 Å². The minimum Gasteiger partial charge on any atom is -0.497 e. The van der Waals surface area contributed by atoms with E-state index in [1.165, 1.54) is 6.07 Å². The monoisotopic (exact) mass is 454 g/mol. The van der Waals surface area contributed by atoms with Gasteiger partial charge in [0.25, 0.3) is 0 Å². The Kier molecular flexibility index (Phi) is 8.58. The maximum atomic E-state index is 13.7. The zero-order valence-electron chi connectivity index (χ0n) is 19.2. The van der Waals surface area contributed by atoms with Crippen molar-refractivity contribution in [3.05, 3.63) is 65.0 Å². The summed E-state index contributed by atoms with van der Waals surface area (Å²) >= 11 is 0. The number of benzene rings is 2. The molecule has 0 radical (unpaired) electrons. The smallest absolute Gasteiger partial charge is 0.223 e. The molecule has 2 aromatic carbocycles. The molecular formula is C26H31FN2O4. The predicted octanol–water partition coefficient (Wildman–Crippen LogP) is 4.05. The zero-order valence-corrected chi connectivity index (χ0v) is 19.2. The molecule has 33 heavy (non-hydrogen) atoms. The molecule has 1 N–H and O–H groups in total. The second-order valence-corrected chi connectivity index (χ2v) is 8.46. The first-order valence-electron chi connectivity index (χ1n) is 11.3. The van der Waals surface area contributed by atoms with Gasteiger partial charge in [-0.3, -0.25) is 14.4 Å². The number of Topliss-reactive ketones (excluding diaryl/α,β-unsaturated/α-hetero) is 1. The molecule has 1 aliphatic rings. The van der Waals surface area contributed by atoms with E-state index in [4.69, 9.17) is 4.74 Å². The number of hydrogen-bond donors (Lipinski definition) is 1. The van der Waals surface area contributed by atoms with Gasteiger partial charge in [-0.05, 0) is 67.6 Å². The van der Waals surface area contributed by atoms with Crippen molar-refractivity contribution < 1.29 is 23.5 Å². The van der Waals surface area contributed by atoms with Crippen LogP contribution in [0.15, 0.2) is 42.5 Å². The number of halogens is 1. The maximum Gasteiger partial charge on any atom is 0.223 e. The fourth-order valence-corrected chi connectivity index (χ4v) is 3.95. The van der Waals surface area contributed by atoms with Crippen molar-refractivity contribution in [3.8, 4) is 5.75 Å². The summed E-state index contributed by atoms with van der Waals surface area (Å²) in [6.07, 6.45) is 2.33. The molecule has 0 saturated carbocycles. The molecule has 1 heterocycles. The van der Waals surface area contributed by atoms with Crippen LogP contribution in [-0.2, 0) is 16.1 Å². The van der Waals surface area contributed by atoms with Gasteiger partial charge < -0.3 is 15.0 Å². The van der Waals surface area contributed by atoms with Crippen molar-refractivity contribution in [2.24, 2.45) is 5.92 Å². The lowest BCUT2D eigenvalue weighted by molar-refractivity contribution is -0.135. The number of methoxy groups -OCH3 is 1. The Labute approximate surface area is 194 Å². The van der Waals surface area contributed by atoms with Crippen LogP contribution in [0, 0.1) is 18.7 Å². The Hall–Kier alpha value is -3.22. The number of rotatable bonds is 9. The number of nitrogens with zero attached hydrogens (tertiary/aromatic N) is 1. The predicted molar refractivity (Wildman–Crippen MR) is 123 cm³/mol. The first-order chi connectivity index (χ1) is 15.9. The Morgan fingerprint density at radius 2 is 1.76 bits per heavy atom. The maximum absolute atomic E-state index is 13.7. The standard InChI is InChI=1S/C26H31FN2O4/c1-18-6-7-19(16-23(18)27)17-28-26(32)21-12-14-29(15-13-21)25(31)5-3-4-24(30)20-8-10-22(33-2)11-9-20/h6-11,16,21H,3-5,12-15,17H2,1-2H3,(H,28,32). The lowest BCUT2D eigenvalue weighted by atomic mass is 9.95. The largest absolute Gasteiger partial charge is 0.497 e. The van der Waals surface area contributed by atoms with Crippen molar-refractivity contribution in [1.82, 2.24) is 10.2 Å². The van der Waals surface area contributed by atoms with Gasteiger partial charge in [0.05, 0.1) is 7.11 Å². The second-order valence-electron chi connectivity index (χ2n) is 8.46. The normalized spacial score (nSPS) is 14.1. The van der Waals surface area contributed by atoms with Gasteiger partial charge in [-0.2, -0.15) is 0 Å². The number of nitrogens with one attached hydrogen (secondary N) is 1. The number of carbonyl (C=O) groups excluding carboxylic acids is 3. The minimum absolute atomic E-state index is 0.00860. The molecule has 0 bridgehead atoms. The van der Waals surface area contributed by atoms with Crippen molar-refractivity contribution in [3.63, 3.8) is 0 Å². The van der Waals surface area contributed by atoms with Crippen molar-refractivity contribution in [1.29, 1.82) is 0 Å². The number of aryl methyl sites for hydroxylation is 1. The molecule has 1 aliphatic heterocycles. The Bertz CT molecular complexity index is 982. The summed E-state index contributed by atoms with van der Waals surface area (Å²) in [5.41, 5.74) is 1.92. The van der Waals surface area contributed by atoms with Crippen LogP contribution in [0.25, 0.3) is 0 Å². The van der Waals surface area contributed by atoms with Gasteiger partial charge in [0.15, 0.2) is 5.78 Å². The highest BCUT2D eigenvalue weighted by atomic mass is 19.1. The van der Waals surface area contributed by atoms with E-state index < -0.39 is 0 Å². The van der Waals surface area contributed by atoms with Gasteiger partial charge in [-0.25, -0.2) is 4.39 Å². The van der Waals surface area contributed by atoms with E-state index in [0.717, 1.165) is 5.56 Å². The molecule has 176 valence electrons. The fourth-order valence-electron chi connectivity index (χ4n) is 3.95. The van der Waals surface area contributed by atoms with E-state index in [0.29, 0.717) is 62.1 Å². The first-order valence-corrected chi connectivity index (χ1v) is 11.3. The highest BCUT2D eigenvalue weighted by molar-refractivity contribution is 5.96. The van der Waals surface area contributed by atoms with Crippen LogP contribution in [0.1, 0.15) is 53.6 Å². The third-order valence-corrected chi connectivity index (χ3v) is 6.13. The molecule has 0 atom stereocenters. The van der Waals surface area contributed by atoms with Crippen molar-refractivity contribution in [2.75, 3.05) is 20.2 Å². The van der Waals surface area contributed by atoms with Crippen LogP contribution >= 0.6 is 0 Å². The summed E-state index contributed by atoms with van der Waals surface area (Å²) in [6.45, 7) is 3.05. The molecule has 1 saturated heterocycles. The van der Waals surface area contributed by atoms with E-state index >= 15 is 0 Å². The number of ketones is 1. The Morgan fingerprint density at radius 1 is 1.06 bits per heavy atom. The summed E-state index contributed by atoms with van der Waals surface area (Å²) in [7, 11) is 1.57. The van der Waals surface area contributed by atoms with E-state index in [-0.39, 0.29) is 35.9 Å². The third kappa shape index (κ3) is 6.88. The number of ether oxygens (including phenoxy) is 1. The van der Waals surface area contributed by atoms with Gasteiger partial charge in [0.2, 0.25) is 11.8 Å². The molecule has 2 aromatic rings. The fraction of sp³-hybridized carbons (Fsp3) is 0.423. The van der Waals surface area contributed by atoms with Crippen LogP contribution in [0.5, 0.6) is 5.75 Å². The summed E-state index contributed by atoms with van der Waals surface area (Å²) in [5.74, 6) is 0.233. The molecule has 0 aliphatic carbocycles. The molecule has 3 rings (SSSR count). The van der Waals surface area contributed by atoms with Crippen LogP contribution in [-0.4, -0.2) is 42.7 Å². The zero-order chi connectivity index (χ0) is 23.8. The Balaban J connectivity index is 1.36. The number of likely N-dealkylation sites (tertiary alicyclic amines) is 1. The highest BCUT2D eigenvalue weighted by Gasteiger charge is 2.27. The number of hydrogen-bond acceptors (Lipinski definition) is 4. The lowest BCUT2D eigenvalue weighted by Gasteiger charge is -2.31. The average molecular weight is 455 g/mol.